The molecule has 1 aliphatic rings. The summed E-state index contributed by atoms with van der Waals surface area (Å²) in [6.07, 6.45) is 3.23. The van der Waals surface area contributed by atoms with E-state index in [1.54, 1.807) is 26.4 Å². The zero-order valence-electron chi connectivity index (χ0n) is 20.9. The van der Waals surface area contributed by atoms with E-state index in [-0.39, 0.29) is 11.9 Å². The van der Waals surface area contributed by atoms with E-state index >= 15 is 0 Å². The van der Waals surface area contributed by atoms with Gasteiger partial charge in [-0.1, -0.05) is 19.9 Å². The van der Waals surface area contributed by atoms with Crippen LogP contribution in [0, 0.1) is 5.92 Å². The summed E-state index contributed by atoms with van der Waals surface area (Å²) in [4.78, 5) is 16.9. The van der Waals surface area contributed by atoms with E-state index in [1.807, 2.05) is 27.8 Å². The predicted molar refractivity (Wildman–Crippen MR) is 129 cm³/mol. The van der Waals surface area contributed by atoms with Crippen LogP contribution in [0.4, 0.5) is 0 Å². The number of hydrogen-bond acceptors (Lipinski definition) is 8. The van der Waals surface area contributed by atoms with E-state index in [2.05, 4.69) is 34.3 Å². The van der Waals surface area contributed by atoms with Crippen LogP contribution >= 0.6 is 0 Å². The zero-order chi connectivity index (χ0) is 24.8. The highest BCUT2D eigenvalue weighted by Crippen LogP contribution is 2.29. The Labute approximate surface area is 205 Å². The number of aryl methyl sites for hydroxylation is 2. The lowest BCUT2D eigenvalue weighted by Gasteiger charge is -2.39. The number of benzene rings is 1. The van der Waals surface area contributed by atoms with Crippen molar-refractivity contribution in [2.75, 3.05) is 40.4 Å². The first-order valence-corrected chi connectivity index (χ1v) is 12.0. The highest BCUT2D eigenvalue weighted by atomic mass is 16.5. The van der Waals surface area contributed by atoms with Crippen LogP contribution in [-0.2, 0) is 13.0 Å². The Morgan fingerprint density at radius 2 is 1.86 bits per heavy atom. The average molecular weight is 483 g/mol. The summed E-state index contributed by atoms with van der Waals surface area (Å²) < 4.78 is 18.0. The number of carbonyl (C=O) groups is 1. The molecule has 4 rings (SSSR count). The average Bonchev–Trinajstić information content (AvgIpc) is 3.58. The van der Waals surface area contributed by atoms with E-state index < -0.39 is 0 Å². The number of ether oxygens (including phenoxy) is 2. The standard InChI is InChI=1S/C25H34N6O4/c1-18(2)16-20(29-11-13-30(14-12-29)25(32)22-6-5-15-35-22)24-26-27-28-31(24)10-9-19-7-8-21(33-3)23(17-19)34-4/h5-8,15,17-18,20H,9-14,16H2,1-4H3/t20-/m0/s1. The summed E-state index contributed by atoms with van der Waals surface area (Å²) in [6.45, 7) is 7.87. The third-order valence-electron chi connectivity index (χ3n) is 6.39. The lowest BCUT2D eigenvalue weighted by Crippen LogP contribution is -2.50. The molecule has 0 radical (unpaired) electrons. The van der Waals surface area contributed by atoms with Crippen LogP contribution < -0.4 is 9.47 Å². The van der Waals surface area contributed by atoms with E-state index in [4.69, 9.17) is 13.9 Å². The van der Waals surface area contributed by atoms with Gasteiger partial charge in [-0.2, -0.15) is 0 Å². The van der Waals surface area contributed by atoms with Crippen molar-refractivity contribution in [3.63, 3.8) is 0 Å². The Balaban J connectivity index is 1.44. The minimum Gasteiger partial charge on any atom is -0.493 e. The van der Waals surface area contributed by atoms with Gasteiger partial charge in [-0.25, -0.2) is 4.68 Å². The number of amides is 1. The summed E-state index contributed by atoms with van der Waals surface area (Å²) >= 11 is 0. The van der Waals surface area contributed by atoms with E-state index in [0.717, 1.165) is 37.3 Å². The SMILES string of the molecule is COc1ccc(CCn2nnnc2[C@H](CC(C)C)N2CCN(C(=O)c3ccco3)CC2)cc1OC. The first-order valence-electron chi connectivity index (χ1n) is 12.0. The molecule has 1 aliphatic heterocycles. The van der Waals surface area contributed by atoms with Crippen LogP contribution in [0.1, 0.15) is 48.3 Å². The monoisotopic (exact) mass is 482 g/mol. The Kier molecular flexibility index (Phi) is 8.02. The highest BCUT2D eigenvalue weighted by molar-refractivity contribution is 5.91. The van der Waals surface area contributed by atoms with Crippen LogP contribution in [0.2, 0.25) is 0 Å². The van der Waals surface area contributed by atoms with Crippen molar-refractivity contribution in [3.8, 4) is 11.5 Å². The molecule has 0 bridgehead atoms. The molecule has 188 valence electrons. The summed E-state index contributed by atoms with van der Waals surface area (Å²) in [7, 11) is 3.27. The molecule has 10 heteroatoms. The molecular formula is C25H34N6O4. The predicted octanol–water partition coefficient (Wildman–Crippen LogP) is 3.07. The van der Waals surface area contributed by atoms with Gasteiger partial charge in [0, 0.05) is 32.7 Å². The number of piperazine rings is 1. The van der Waals surface area contributed by atoms with E-state index in [9.17, 15) is 4.79 Å². The van der Waals surface area contributed by atoms with Gasteiger partial charge in [-0.15, -0.1) is 5.10 Å². The first-order chi connectivity index (χ1) is 17.0. The number of aromatic nitrogens is 4. The number of rotatable bonds is 10. The summed E-state index contributed by atoms with van der Waals surface area (Å²) in [6, 6.07) is 9.47. The Morgan fingerprint density at radius 3 is 2.51 bits per heavy atom. The number of tetrazole rings is 1. The molecule has 0 unspecified atom stereocenters. The first kappa shape index (κ1) is 24.7. The normalized spacial score (nSPS) is 15.4. The van der Waals surface area contributed by atoms with Crippen molar-refractivity contribution in [3.05, 3.63) is 53.7 Å². The minimum absolute atomic E-state index is 0.0604. The molecule has 3 aromatic rings. The van der Waals surface area contributed by atoms with Crippen LogP contribution in [0.3, 0.4) is 0 Å². The fraction of sp³-hybridized carbons (Fsp3) is 0.520. The third-order valence-corrected chi connectivity index (χ3v) is 6.39. The van der Waals surface area contributed by atoms with Gasteiger partial charge < -0.3 is 18.8 Å². The molecule has 2 aromatic heterocycles. The lowest BCUT2D eigenvalue weighted by atomic mass is 10.0. The van der Waals surface area contributed by atoms with E-state index in [0.29, 0.717) is 42.8 Å². The molecule has 0 N–H and O–H groups in total. The lowest BCUT2D eigenvalue weighted by molar-refractivity contribution is 0.0500. The van der Waals surface area contributed by atoms with Crippen molar-refractivity contribution < 1.29 is 18.7 Å². The second-order valence-corrected chi connectivity index (χ2v) is 9.15. The molecule has 1 atom stereocenters. The van der Waals surface area contributed by atoms with Gasteiger partial charge in [0.15, 0.2) is 23.1 Å². The molecule has 1 fully saturated rings. The van der Waals surface area contributed by atoms with Crippen LogP contribution in [-0.4, -0.2) is 76.3 Å². The van der Waals surface area contributed by atoms with Crippen LogP contribution in [0.5, 0.6) is 11.5 Å². The van der Waals surface area contributed by atoms with Crippen LogP contribution in [0.25, 0.3) is 0 Å². The number of methoxy groups -OCH3 is 2. The summed E-state index contributed by atoms with van der Waals surface area (Å²) in [5.74, 6) is 3.08. The second-order valence-electron chi connectivity index (χ2n) is 9.15. The minimum atomic E-state index is -0.0604. The third kappa shape index (κ3) is 5.82. The van der Waals surface area contributed by atoms with Gasteiger partial charge >= 0.3 is 0 Å². The molecule has 1 saturated heterocycles. The maximum Gasteiger partial charge on any atom is 0.289 e. The Hall–Kier alpha value is -3.40. The number of nitrogens with zero attached hydrogens (tertiary/aromatic N) is 6. The zero-order valence-corrected chi connectivity index (χ0v) is 20.9. The second kappa shape index (κ2) is 11.4. The molecule has 0 aliphatic carbocycles. The largest absolute Gasteiger partial charge is 0.493 e. The van der Waals surface area contributed by atoms with Crippen molar-refractivity contribution in [1.29, 1.82) is 0 Å². The van der Waals surface area contributed by atoms with Crippen LogP contribution in [0.15, 0.2) is 41.0 Å². The smallest absolute Gasteiger partial charge is 0.289 e. The molecule has 1 amide bonds. The fourth-order valence-electron chi connectivity index (χ4n) is 4.54. The maximum atomic E-state index is 12.7. The van der Waals surface area contributed by atoms with Gasteiger partial charge in [0.1, 0.15) is 0 Å². The van der Waals surface area contributed by atoms with E-state index in [1.165, 1.54) is 6.26 Å². The fourth-order valence-corrected chi connectivity index (χ4v) is 4.54. The maximum absolute atomic E-state index is 12.7. The molecule has 35 heavy (non-hydrogen) atoms. The van der Waals surface area contributed by atoms with Gasteiger partial charge in [0.25, 0.3) is 5.91 Å². The van der Waals surface area contributed by atoms with Gasteiger partial charge in [0.05, 0.1) is 26.5 Å². The van der Waals surface area contributed by atoms with Crippen molar-refractivity contribution >= 4 is 5.91 Å². The molecule has 0 saturated carbocycles. The number of hydrogen-bond donors (Lipinski definition) is 0. The van der Waals surface area contributed by atoms with Gasteiger partial charge in [-0.3, -0.25) is 9.69 Å². The molecule has 1 aromatic carbocycles. The molecule has 10 nitrogen and oxygen atoms in total. The van der Waals surface area contributed by atoms with Crippen molar-refractivity contribution in [1.82, 2.24) is 30.0 Å². The molecule has 0 spiro atoms. The topological polar surface area (TPSA) is 98.8 Å². The summed E-state index contributed by atoms with van der Waals surface area (Å²) in [5, 5.41) is 12.7. The molecule has 3 heterocycles. The number of furan rings is 1. The Morgan fingerprint density at radius 1 is 1.09 bits per heavy atom. The quantitative estimate of drug-likeness (QED) is 0.435. The van der Waals surface area contributed by atoms with Crippen molar-refractivity contribution in [2.24, 2.45) is 5.92 Å². The number of carbonyl (C=O) groups excluding carboxylic acids is 1. The van der Waals surface area contributed by atoms with Gasteiger partial charge in [-0.05, 0) is 59.0 Å². The highest BCUT2D eigenvalue weighted by Gasteiger charge is 2.31. The summed E-state index contributed by atoms with van der Waals surface area (Å²) in [5.41, 5.74) is 1.12. The Bertz CT molecular complexity index is 1090. The van der Waals surface area contributed by atoms with Gasteiger partial charge in [0.2, 0.25) is 0 Å². The van der Waals surface area contributed by atoms with Crippen molar-refractivity contribution in [2.45, 2.75) is 39.3 Å². The molecular weight excluding hydrogens is 448 g/mol.